The lowest BCUT2D eigenvalue weighted by molar-refractivity contribution is -0.137. The van der Waals surface area contributed by atoms with Crippen molar-refractivity contribution in [2.75, 3.05) is 13.7 Å². The van der Waals surface area contributed by atoms with Gasteiger partial charge in [0.25, 0.3) is 0 Å². The molecule has 0 fully saturated rings. The molecule has 1 N–H and O–H groups in total. The molecule has 0 heterocycles. The van der Waals surface area contributed by atoms with Crippen LogP contribution >= 0.6 is 0 Å². The van der Waals surface area contributed by atoms with Crippen LogP contribution in [0.2, 0.25) is 0 Å². The summed E-state index contributed by atoms with van der Waals surface area (Å²) in [4.78, 5) is 0. The summed E-state index contributed by atoms with van der Waals surface area (Å²) >= 11 is 0. The van der Waals surface area contributed by atoms with Gasteiger partial charge in [0, 0.05) is 6.61 Å². The van der Waals surface area contributed by atoms with Crippen molar-refractivity contribution >= 4 is 6.08 Å². The minimum Gasteiger partial charge on any atom is -0.497 e. The van der Waals surface area contributed by atoms with Gasteiger partial charge in [-0.05, 0) is 30.2 Å². The quantitative estimate of drug-likeness (QED) is 0.884. The molecule has 1 aromatic carbocycles. The van der Waals surface area contributed by atoms with Crippen LogP contribution in [0.3, 0.4) is 0 Å². The standard InChI is InChI=1S/C12H13F3O2/c1-17-11-7-9(4-2-3-5-16)6-10(8-11)12(13,14)15/h2,4,6-8,16H,3,5H2,1H3. The molecule has 0 saturated heterocycles. The number of rotatable bonds is 4. The third-order valence-corrected chi connectivity index (χ3v) is 2.10. The first-order valence-electron chi connectivity index (χ1n) is 5.01. The molecule has 0 radical (unpaired) electrons. The number of halogens is 3. The zero-order valence-corrected chi connectivity index (χ0v) is 9.29. The molecular weight excluding hydrogens is 233 g/mol. The number of methoxy groups -OCH3 is 1. The average Bonchev–Trinajstić information content (AvgIpc) is 2.28. The van der Waals surface area contributed by atoms with E-state index in [0.717, 1.165) is 12.1 Å². The highest BCUT2D eigenvalue weighted by Gasteiger charge is 2.31. The molecule has 94 valence electrons. The summed E-state index contributed by atoms with van der Waals surface area (Å²) in [5.74, 6) is 0.156. The van der Waals surface area contributed by atoms with E-state index in [-0.39, 0.29) is 12.4 Å². The molecule has 0 unspecified atom stereocenters. The molecule has 0 saturated carbocycles. The van der Waals surface area contributed by atoms with E-state index in [0.29, 0.717) is 12.0 Å². The third kappa shape index (κ3) is 4.11. The van der Waals surface area contributed by atoms with Gasteiger partial charge in [-0.2, -0.15) is 13.2 Å². The summed E-state index contributed by atoms with van der Waals surface area (Å²) in [7, 11) is 1.32. The molecule has 0 bridgehead atoms. The maximum Gasteiger partial charge on any atom is 0.416 e. The Bertz CT molecular complexity index is 397. The first kappa shape index (κ1) is 13.6. The predicted molar refractivity (Wildman–Crippen MR) is 58.7 cm³/mol. The van der Waals surface area contributed by atoms with Crippen molar-refractivity contribution in [3.05, 3.63) is 35.4 Å². The Labute approximate surface area is 97.3 Å². The molecule has 2 nitrogen and oxygen atoms in total. The van der Waals surface area contributed by atoms with E-state index in [4.69, 9.17) is 9.84 Å². The van der Waals surface area contributed by atoms with Gasteiger partial charge in [-0.1, -0.05) is 12.2 Å². The fourth-order valence-electron chi connectivity index (χ4n) is 1.29. The normalized spacial score (nSPS) is 12.1. The van der Waals surface area contributed by atoms with Crippen molar-refractivity contribution in [2.45, 2.75) is 12.6 Å². The van der Waals surface area contributed by atoms with Crippen LogP contribution in [-0.4, -0.2) is 18.8 Å². The molecule has 5 heteroatoms. The summed E-state index contributed by atoms with van der Waals surface area (Å²) < 4.78 is 42.5. The molecule has 0 aliphatic heterocycles. The molecule has 0 spiro atoms. The van der Waals surface area contributed by atoms with Gasteiger partial charge in [-0.25, -0.2) is 0 Å². The lowest BCUT2D eigenvalue weighted by atomic mass is 10.1. The Morgan fingerprint density at radius 2 is 2.00 bits per heavy atom. The number of alkyl halides is 3. The van der Waals surface area contributed by atoms with Crippen LogP contribution in [0.5, 0.6) is 5.75 Å². The lowest BCUT2D eigenvalue weighted by Crippen LogP contribution is -2.05. The van der Waals surface area contributed by atoms with Gasteiger partial charge in [-0.3, -0.25) is 0 Å². The number of ether oxygens (including phenoxy) is 1. The van der Waals surface area contributed by atoms with Gasteiger partial charge in [0.15, 0.2) is 0 Å². The molecule has 0 aliphatic carbocycles. The van der Waals surface area contributed by atoms with E-state index in [9.17, 15) is 13.2 Å². The number of aliphatic hydroxyl groups is 1. The average molecular weight is 246 g/mol. The maximum absolute atomic E-state index is 12.6. The second kappa shape index (κ2) is 5.72. The smallest absolute Gasteiger partial charge is 0.416 e. The van der Waals surface area contributed by atoms with Crippen LogP contribution in [-0.2, 0) is 6.18 Å². The van der Waals surface area contributed by atoms with E-state index in [2.05, 4.69) is 0 Å². The first-order chi connectivity index (χ1) is 7.97. The highest BCUT2D eigenvalue weighted by atomic mass is 19.4. The van der Waals surface area contributed by atoms with Crippen molar-refractivity contribution in [1.29, 1.82) is 0 Å². The van der Waals surface area contributed by atoms with E-state index < -0.39 is 11.7 Å². The van der Waals surface area contributed by atoms with Gasteiger partial charge in [0.05, 0.1) is 12.7 Å². The fraction of sp³-hybridized carbons (Fsp3) is 0.333. The second-order valence-corrected chi connectivity index (χ2v) is 3.41. The first-order valence-corrected chi connectivity index (χ1v) is 5.01. The van der Waals surface area contributed by atoms with Crippen molar-refractivity contribution in [2.24, 2.45) is 0 Å². The summed E-state index contributed by atoms with van der Waals surface area (Å²) in [6, 6.07) is 3.49. The molecule has 1 rings (SSSR count). The van der Waals surface area contributed by atoms with Crippen LogP contribution in [0.15, 0.2) is 24.3 Å². The summed E-state index contributed by atoms with van der Waals surface area (Å²) in [6.45, 7) is -0.0351. The SMILES string of the molecule is COc1cc(C=CCCO)cc(C(F)(F)F)c1. The molecular formula is C12H13F3O2. The number of benzene rings is 1. The highest BCUT2D eigenvalue weighted by molar-refractivity contribution is 5.54. The Morgan fingerprint density at radius 1 is 1.29 bits per heavy atom. The van der Waals surface area contributed by atoms with E-state index in [1.54, 1.807) is 6.08 Å². The predicted octanol–water partition coefficient (Wildman–Crippen LogP) is 3.11. The monoisotopic (exact) mass is 246 g/mol. The Balaban J connectivity index is 3.06. The zero-order chi connectivity index (χ0) is 12.9. The van der Waals surface area contributed by atoms with Gasteiger partial charge in [0.2, 0.25) is 0 Å². The van der Waals surface area contributed by atoms with Crippen LogP contribution in [0, 0.1) is 0 Å². The maximum atomic E-state index is 12.6. The van der Waals surface area contributed by atoms with Crippen molar-refractivity contribution in [1.82, 2.24) is 0 Å². The lowest BCUT2D eigenvalue weighted by Gasteiger charge is -2.10. The number of hydrogen-bond acceptors (Lipinski definition) is 2. The largest absolute Gasteiger partial charge is 0.497 e. The molecule has 0 aliphatic rings. The fourth-order valence-corrected chi connectivity index (χ4v) is 1.29. The van der Waals surface area contributed by atoms with Crippen LogP contribution in [0.1, 0.15) is 17.5 Å². The van der Waals surface area contributed by atoms with Gasteiger partial charge in [0.1, 0.15) is 5.75 Å². The summed E-state index contributed by atoms with van der Waals surface area (Å²) in [5.41, 5.74) is -0.356. The van der Waals surface area contributed by atoms with Crippen LogP contribution in [0.25, 0.3) is 6.08 Å². The molecule has 1 aromatic rings. The number of aliphatic hydroxyl groups excluding tert-OH is 1. The Hall–Kier alpha value is -1.49. The molecule has 17 heavy (non-hydrogen) atoms. The van der Waals surface area contributed by atoms with Gasteiger partial charge < -0.3 is 9.84 Å². The zero-order valence-electron chi connectivity index (χ0n) is 9.29. The van der Waals surface area contributed by atoms with Crippen molar-refractivity contribution in [3.8, 4) is 5.75 Å². The van der Waals surface area contributed by atoms with E-state index in [1.165, 1.54) is 19.3 Å². The van der Waals surface area contributed by atoms with Crippen LogP contribution < -0.4 is 4.74 Å². The van der Waals surface area contributed by atoms with E-state index >= 15 is 0 Å². The molecule has 0 amide bonds. The Kier molecular flexibility index (Phi) is 4.57. The minimum atomic E-state index is -4.39. The Morgan fingerprint density at radius 3 is 2.53 bits per heavy atom. The molecule has 0 aromatic heterocycles. The topological polar surface area (TPSA) is 29.5 Å². The highest BCUT2D eigenvalue weighted by Crippen LogP contribution is 2.32. The van der Waals surface area contributed by atoms with Crippen molar-refractivity contribution in [3.63, 3.8) is 0 Å². The molecule has 0 atom stereocenters. The third-order valence-electron chi connectivity index (χ3n) is 2.10. The summed E-state index contributed by atoms with van der Waals surface area (Å²) in [6.07, 6.45) is -0.865. The van der Waals surface area contributed by atoms with Gasteiger partial charge in [-0.15, -0.1) is 0 Å². The van der Waals surface area contributed by atoms with Gasteiger partial charge >= 0.3 is 6.18 Å². The second-order valence-electron chi connectivity index (χ2n) is 3.41. The van der Waals surface area contributed by atoms with Crippen LogP contribution in [0.4, 0.5) is 13.2 Å². The van der Waals surface area contributed by atoms with E-state index in [1.807, 2.05) is 0 Å². The van der Waals surface area contributed by atoms with Crippen molar-refractivity contribution < 1.29 is 23.0 Å². The summed E-state index contributed by atoms with van der Waals surface area (Å²) in [5, 5.41) is 8.57. The number of hydrogen-bond donors (Lipinski definition) is 1. The minimum absolute atomic E-state index is 0.0351.